The molecular weight excluding hydrogens is 418 g/mol. The van der Waals surface area contributed by atoms with Crippen LogP contribution in [-0.4, -0.2) is 15.7 Å². The first kappa shape index (κ1) is 18.5. The summed E-state index contributed by atoms with van der Waals surface area (Å²) in [7, 11) is 1.79. The summed E-state index contributed by atoms with van der Waals surface area (Å²) in [6.45, 7) is 0.699. The molecule has 1 N–H and O–H groups in total. The van der Waals surface area contributed by atoms with E-state index in [4.69, 9.17) is 16.3 Å². The van der Waals surface area contributed by atoms with Gasteiger partial charge < -0.3 is 10.1 Å². The summed E-state index contributed by atoms with van der Waals surface area (Å²) in [5, 5.41) is 7.45. The fourth-order valence-electron chi connectivity index (χ4n) is 2.40. The van der Waals surface area contributed by atoms with Crippen molar-refractivity contribution in [3.05, 3.63) is 81.0 Å². The van der Waals surface area contributed by atoms with E-state index in [1.54, 1.807) is 24.0 Å². The highest BCUT2D eigenvalue weighted by atomic mass is 79.9. The van der Waals surface area contributed by atoms with E-state index >= 15 is 0 Å². The van der Waals surface area contributed by atoms with Gasteiger partial charge in [0, 0.05) is 17.1 Å². The Morgan fingerprint density at radius 3 is 2.73 bits per heavy atom. The number of benzene rings is 2. The molecule has 1 heterocycles. The zero-order chi connectivity index (χ0) is 18.5. The molecule has 0 aliphatic rings. The quantitative estimate of drug-likeness (QED) is 0.628. The number of carbonyl (C=O) groups excluding carboxylic acids is 1. The summed E-state index contributed by atoms with van der Waals surface area (Å²) >= 11 is 9.45. The molecule has 0 saturated heterocycles. The Hall–Kier alpha value is -2.31. The number of hydrogen-bond donors (Lipinski definition) is 1. The smallest absolute Gasteiger partial charge is 0.251 e. The van der Waals surface area contributed by atoms with Crippen LogP contribution in [0.2, 0.25) is 5.02 Å². The number of amides is 1. The van der Waals surface area contributed by atoms with E-state index in [1.165, 1.54) is 0 Å². The summed E-state index contributed by atoms with van der Waals surface area (Å²) in [4.78, 5) is 12.4. The van der Waals surface area contributed by atoms with Gasteiger partial charge >= 0.3 is 0 Å². The molecule has 134 valence electrons. The van der Waals surface area contributed by atoms with Crippen molar-refractivity contribution in [2.75, 3.05) is 0 Å². The van der Waals surface area contributed by atoms with Crippen LogP contribution in [0.15, 0.2) is 59.2 Å². The van der Waals surface area contributed by atoms with Gasteiger partial charge in [0.05, 0.1) is 23.5 Å². The molecule has 0 fully saturated rings. The van der Waals surface area contributed by atoms with Crippen molar-refractivity contribution in [1.29, 1.82) is 0 Å². The maximum Gasteiger partial charge on any atom is 0.251 e. The molecule has 0 spiro atoms. The van der Waals surface area contributed by atoms with Crippen molar-refractivity contribution in [1.82, 2.24) is 15.1 Å². The van der Waals surface area contributed by atoms with Crippen molar-refractivity contribution >= 4 is 33.4 Å². The first-order valence-electron chi connectivity index (χ1n) is 7.95. The summed E-state index contributed by atoms with van der Waals surface area (Å²) in [6, 6.07) is 15.0. The number of aryl methyl sites for hydroxylation is 1. The molecule has 0 unspecified atom stereocenters. The Labute approximate surface area is 165 Å². The third-order valence-corrected chi connectivity index (χ3v) is 4.68. The predicted molar refractivity (Wildman–Crippen MR) is 104 cm³/mol. The third kappa shape index (κ3) is 4.65. The minimum absolute atomic E-state index is 0.173. The number of aromatic nitrogens is 2. The topological polar surface area (TPSA) is 56.2 Å². The number of hydrogen-bond acceptors (Lipinski definition) is 3. The maximum atomic E-state index is 12.4. The summed E-state index contributed by atoms with van der Waals surface area (Å²) in [6.07, 6.45) is 1.56. The van der Waals surface area contributed by atoms with Crippen LogP contribution in [0, 0.1) is 0 Å². The van der Waals surface area contributed by atoms with E-state index in [0.29, 0.717) is 23.7 Å². The maximum absolute atomic E-state index is 12.4. The van der Waals surface area contributed by atoms with Crippen molar-refractivity contribution in [2.24, 2.45) is 7.05 Å². The zero-order valence-corrected chi connectivity index (χ0v) is 16.4. The number of ether oxygens (including phenoxy) is 1. The molecule has 26 heavy (non-hydrogen) atoms. The number of nitrogens with one attached hydrogen (secondary N) is 1. The predicted octanol–water partition coefficient (Wildman–Crippen LogP) is 4.35. The van der Waals surface area contributed by atoms with Gasteiger partial charge in [0.25, 0.3) is 5.91 Å². The SMILES string of the molecule is Cn1ncc(Cl)c1CNC(=O)c1cccc(COc2ccc(Br)cc2)c1. The van der Waals surface area contributed by atoms with Gasteiger partial charge in [-0.1, -0.05) is 39.7 Å². The normalized spacial score (nSPS) is 10.6. The van der Waals surface area contributed by atoms with E-state index in [9.17, 15) is 4.79 Å². The van der Waals surface area contributed by atoms with E-state index in [1.807, 2.05) is 42.5 Å². The molecular formula is C19H17BrClN3O2. The van der Waals surface area contributed by atoms with E-state index in [-0.39, 0.29) is 5.91 Å². The summed E-state index contributed by atoms with van der Waals surface area (Å²) in [5.74, 6) is 0.599. The molecule has 3 rings (SSSR count). The number of nitrogens with zero attached hydrogens (tertiary/aromatic N) is 2. The van der Waals surface area contributed by atoms with E-state index in [2.05, 4.69) is 26.3 Å². The molecule has 0 aliphatic carbocycles. The van der Waals surface area contributed by atoms with Gasteiger partial charge in [-0.3, -0.25) is 9.48 Å². The first-order valence-corrected chi connectivity index (χ1v) is 9.12. The van der Waals surface area contributed by atoms with Crippen LogP contribution in [-0.2, 0) is 20.2 Å². The summed E-state index contributed by atoms with van der Waals surface area (Å²) < 4.78 is 8.39. The van der Waals surface area contributed by atoms with Crippen LogP contribution in [0.1, 0.15) is 21.6 Å². The van der Waals surface area contributed by atoms with Gasteiger partial charge in [0.1, 0.15) is 12.4 Å². The highest BCUT2D eigenvalue weighted by molar-refractivity contribution is 9.10. The third-order valence-electron chi connectivity index (χ3n) is 3.84. The Bertz CT molecular complexity index is 890. The monoisotopic (exact) mass is 433 g/mol. The second-order valence-electron chi connectivity index (χ2n) is 5.69. The van der Waals surface area contributed by atoms with Crippen molar-refractivity contribution in [2.45, 2.75) is 13.2 Å². The van der Waals surface area contributed by atoms with Crippen LogP contribution in [0.3, 0.4) is 0 Å². The Morgan fingerprint density at radius 2 is 2.04 bits per heavy atom. The van der Waals surface area contributed by atoms with Crippen molar-refractivity contribution in [3.63, 3.8) is 0 Å². The Kier molecular flexibility index (Phi) is 5.96. The lowest BCUT2D eigenvalue weighted by molar-refractivity contribution is 0.0950. The molecule has 3 aromatic rings. The largest absolute Gasteiger partial charge is 0.489 e. The highest BCUT2D eigenvalue weighted by Gasteiger charge is 2.10. The fourth-order valence-corrected chi connectivity index (χ4v) is 2.90. The van der Waals surface area contributed by atoms with Crippen LogP contribution in [0.4, 0.5) is 0 Å². The minimum atomic E-state index is -0.173. The molecule has 0 aliphatic heterocycles. The number of carbonyl (C=O) groups is 1. The van der Waals surface area contributed by atoms with Crippen molar-refractivity contribution < 1.29 is 9.53 Å². The molecule has 1 aromatic heterocycles. The highest BCUT2D eigenvalue weighted by Crippen LogP contribution is 2.18. The zero-order valence-electron chi connectivity index (χ0n) is 14.1. The van der Waals surface area contributed by atoms with Gasteiger partial charge in [-0.15, -0.1) is 0 Å². The molecule has 0 bridgehead atoms. The average molecular weight is 435 g/mol. The molecule has 0 saturated carbocycles. The van der Waals surface area contributed by atoms with Gasteiger partial charge in [-0.2, -0.15) is 5.10 Å². The van der Waals surface area contributed by atoms with Crippen molar-refractivity contribution in [3.8, 4) is 5.75 Å². The lowest BCUT2D eigenvalue weighted by atomic mass is 10.1. The van der Waals surface area contributed by atoms with E-state index < -0.39 is 0 Å². The minimum Gasteiger partial charge on any atom is -0.489 e. The number of rotatable bonds is 6. The van der Waals surface area contributed by atoms with E-state index in [0.717, 1.165) is 21.5 Å². The van der Waals surface area contributed by atoms with Gasteiger partial charge in [-0.05, 0) is 42.0 Å². The van der Waals surface area contributed by atoms with Crippen LogP contribution in [0.25, 0.3) is 0 Å². The molecule has 2 aromatic carbocycles. The van der Waals surface area contributed by atoms with Gasteiger partial charge in [0.2, 0.25) is 0 Å². The second-order valence-corrected chi connectivity index (χ2v) is 7.01. The van der Waals surface area contributed by atoms with Crippen LogP contribution < -0.4 is 10.1 Å². The molecule has 1 amide bonds. The first-order chi connectivity index (χ1) is 12.5. The van der Waals surface area contributed by atoms with Crippen LogP contribution >= 0.6 is 27.5 Å². The molecule has 5 nitrogen and oxygen atoms in total. The molecule has 0 radical (unpaired) electrons. The van der Waals surface area contributed by atoms with Gasteiger partial charge in [0.15, 0.2) is 0 Å². The Morgan fingerprint density at radius 1 is 1.27 bits per heavy atom. The van der Waals surface area contributed by atoms with Gasteiger partial charge in [-0.25, -0.2) is 0 Å². The average Bonchev–Trinajstić information content (AvgIpc) is 2.97. The molecule has 0 atom stereocenters. The lowest BCUT2D eigenvalue weighted by Gasteiger charge is -2.09. The Balaban J connectivity index is 1.61. The lowest BCUT2D eigenvalue weighted by Crippen LogP contribution is -2.24. The van der Waals surface area contributed by atoms with Crippen LogP contribution in [0.5, 0.6) is 5.75 Å². The number of halogens is 2. The fraction of sp³-hybridized carbons (Fsp3) is 0.158. The second kappa shape index (κ2) is 8.38. The standard InChI is InChI=1S/C19H17BrClN3O2/c1-24-18(17(21)10-23-24)11-22-19(25)14-4-2-3-13(9-14)12-26-16-7-5-15(20)6-8-16/h2-10H,11-12H2,1H3,(H,22,25). The summed E-state index contributed by atoms with van der Waals surface area (Å²) in [5.41, 5.74) is 2.24. The molecule has 7 heteroatoms.